The van der Waals surface area contributed by atoms with Crippen molar-refractivity contribution in [1.29, 1.82) is 0 Å². The van der Waals surface area contributed by atoms with Crippen LogP contribution in [0.5, 0.6) is 0 Å². The largest absolute Gasteiger partial charge is 0.384 e. The molecule has 0 spiro atoms. The predicted molar refractivity (Wildman–Crippen MR) is 63.8 cm³/mol. The fraction of sp³-hybridized carbons (Fsp3) is 0.231. The summed E-state index contributed by atoms with van der Waals surface area (Å²) in [5, 5.41) is 5.36. The zero-order chi connectivity index (χ0) is 12.3. The molecule has 17 heavy (non-hydrogen) atoms. The van der Waals surface area contributed by atoms with Crippen molar-refractivity contribution in [1.82, 2.24) is 10.6 Å². The summed E-state index contributed by atoms with van der Waals surface area (Å²) in [6, 6.07) is 10.0. The second kappa shape index (κ2) is 4.82. The maximum atomic E-state index is 11.3. The molecule has 0 aliphatic carbocycles. The normalized spacial score (nSPS) is 19.2. The van der Waals surface area contributed by atoms with Crippen LogP contribution in [0.15, 0.2) is 42.1 Å². The van der Waals surface area contributed by atoms with E-state index in [9.17, 15) is 9.59 Å². The Morgan fingerprint density at radius 1 is 1.29 bits per heavy atom. The number of hydrogen-bond donors (Lipinski definition) is 2. The van der Waals surface area contributed by atoms with Gasteiger partial charge < -0.3 is 5.32 Å². The first-order valence-electron chi connectivity index (χ1n) is 5.51. The third-order valence-corrected chi connectivity index (χ3v) is 2.70. The van der Waals surface area contributed by atoms with Crippen molar-refractivity contribution in [2.24, 2.45) is 0 Å². The lowest BCUT2D eigenvalue weighted by Gasteiger charge is -2.12. The van der Waals surface area contributed by atoms with Crippen LogP contribution in [-0.2, 0) is 9.59 Å². The van der Waals surface area contributed by atoms with Gasteiger partial charge in [0.1, 0.15) is 0 Å². The Labute approximate surface area is 99.7 Å². The fourth-order valence-corrected chi connectivity index (χ4v) is 1.68. The summed E-state index contributed by atoms with van der Waals surface area (Å²) in [4.78, 5) is 22.3. The lowest BCUT2D eigenvalue weighted by Crippen LogP contribution is -2.20. The van der Waals surface area contributed by atoms with E-state index in [4.69, 9.17) is 0 Å². The molecule has 0 bridgehead atoms. The molecule has 88 valence electrons. The van der Waals surface area contributed by atoms with E-state index < -0.39 is 0 Å². The molecule has 4 nitrogen and oxygen atoms in total. The molecule has 1 heterocycles. The number of imide groups is 1. The highest BCUT2D eigenvalue weighted by Crippen LogP contribution is 2.13. The van der Waals surface area contributed by atoms with Gasteiger partial charge in [0.2, 0.25) is 5.91 Å². The molecule has 0 aromatic heterocycles. The fourth-order valence-electron chi connectivity index (χ4n) is 1.68. The van der Waals surface area contributed by atoms with Gasteiger partial charge in [-0.15, -0.1) is 0 Å². The molecule has 2 rings (SSSR count). The van der Waals surface area contributed by atoms with E-state index in [1.807, 2.05) is 37.3 Å². The van der Waals surface area contributed by atoms with Crippen LogP contribution in [0.3, 0.4) is 0 Å². The van der Waals surface area contributed by atoms with Gasteiger partial charge in [0.25, 0.3) is 5.91 Å². The SMILES string of the molecule is CC(N/C=C1/CC(=O)NC1=O)c1ccccc1. The second-order valence-electron chi connectivity index (χ2n) is 4.02. The van der Waals surface area contributed by atoms with Crippen LogP contribution >= 0.6 is 0 Å². The van der Waals surface area contributed by atoms with Crippen molar-refractivity contribution in [3.8, 4) is 0 Å². The van der Waals surface area contributed by atoms with Crippen molar-refractivity contribution in [2.45, 2.75) is 19.4 Å². The van der Waals surface area contributed by atoms with E-state index in [2.05, 4.69) is 10.6 Å². The monoisotopic (exact) mass is 230 g/mol. The molecular weight excluding hydrogens is 216 g/mol. The van der Waals surface area contributed by atoms with Gasteiger partial charge in [-0.1, -0.05) is 30.3 Å². The maximum absolute atomic E-state index is 11.3. The smallest absolute Gasteiger partial charge is 0.255 e. The van der Waals surface area contributed by atoms with E-state index in [0.717, 1.165) is 5.56 Å². The summed E-state index contributed by atoms with van der Waals surface area (Å²) in [5.41, 5.74) is 1.62. The summed E-state index contributed by atoms with van der Waals surface area (Å²) in [6.45, 7) is 2.00. The van der Waals surface area contributed by atoms with Crippen LogP contribution in [0.1, 0.15) is 24.9 Å². The minimum atomic E-state index is -0.303. The minimum Gasteiger partial charge on any atom is -0.384 e. The standard InChI is InChI=1S/C13H14N2O2/c1-9(10-5-3-2-4-6-10)14-8-11-7-12(16)15-13(11)17/h2-6,8-9,14H,7H2,1H3,(H,15,16,17)/b11-8-. The van der Waals surface area contributed by atoms with Gasteiger partial charge in [-0.25, -0.2) is 0 Å². The van der Waals surface area contributed by atoms with Crippen molar-refractivity contribution in [3.05, 3.63) is 47.7 Å². The van der Waals surface area contributed by atoms with Crippen molar-refractivity contribution < 1.29 is 9.59 Å². The average molecular weight is 230 g/mol. The molecule has 0 radical (unpaired) electrons. The molecule has 2 amide bonds. The van der Waals surface area contributed by atoms with Crippen LogP contribution in [0.4, 0.5) is 0 Å². The van der Waals surface area contributed by atoms with E-state index >= 15 is 0 Å². The first-order valence-corrected chi connectivity index (χ1v) is 5.51. The summed E-state index contributed by atoms with van der Waals surface area (Å²) < 4.78 is 0. The zero-order valence-electron chi connectivity index (χ0n) is 9.57. The summed E-state index contributed by atoms with van der Waals surface area (Å²) in [5.74, 6) is -0.543. The number of amides is 2. The van der Waals surface area contributed by atoms with Crippen molar-refractivity contribution in [2.75, 3.05) is 0 Å². The Balaban J connectivity index is 2.01. The summed E-state index contributed by atoms with van der Waals surface area (Å²) in [7, 11) is 0. The maximum Gasteiger partial charge on any atom is 0.255 e. The molecule has 1 aliphatic rings. The molecule has 1 atom stereocenters. The lowest BCUT2D eigenvalue weighted by molar-refractivity contribution is -0.124. The molecule has 1 aliphatic heterocycles. The second-order valence-corrected chi connectivity index (χ2v) is 4.02. The molecule has 0 saturated carbocycles. The molecular formula is C13H14N2O2. The highest BCUT2D eigenvalue weighted by Gasteiger charge is 2.23. The van der Waals surface area contributed by atoms with E-state index in [0.29, 0.717) is 5.57 Å². The number of hydrogen-bond acceptors (Lipinski definition) is 3. The average Bonchev–Trinajstić information content (AvgIpc) is 2.66. The van der Waals surface area contributed by atoms with Crippen LogP contribution in [-0.4, -0.2) is 11.8 Å². The summed E-state index contributed by atoms with van der Waals surface area (Å²) in [6.07, 6.45) is 1.78. The highest BCUT2D eigenvalue weighted by molar-refractivity contribution is 6.13. The molecule has 2 N–H and O–H groups in total. The van der Waals surface area contributed by atoms with Gasteiger partial charge in [0, 0.05) is 17.8 Å². The third-order valence-electron chi connectivity index (χ3n) is 2.70. The Kier molecular flexibility index (Phi) is 3.23. The Bertz CT molecular complexity index is 466. The Hall–Kier alpha value is -2.10. The molecule has 4 heteroatoms. The van der Waals surface area contributed by atoms with Gasteiger partial charge in [-0.3, -0.25) is 14.9 Å². The lowest BCUT2D eigenvalue weighted by atomic mass is 10.1. The number of benzene rings is 1. The van der Waals surface area contributed by atoms with Gasteiger partial charge >= 0.3 is 0 Å². The molecule has 1 aromatic carbocycles. The first-order chi connectivity index (χ1) is 8.16. The van der Waals surface area contributed by atoms with Crippen molar-refractivity contribution in [3.63, 3.8) is 0 Å². The number of rotatable bonds is 3. The molecule has 1 aromatic rings. The van der Waals surface area contributed by atoms with E-state index in [1.54, 1.807) is 6.20 Å². The first kappa shape index (κ1) is 11.4. The van der Waals surface area contributed by atoms with Crippen LogP contribution in [0.25, 0.3) is 0 Å². The molecule has 1 fully saturated rings. The quantitative estimate of drug-likeness (QED) is 0.607. The number of carbonyl (C=O) groups is 2. The van der Waals surface area contributed by atoms with Gasteiger partial charge in [0.15, 0.2) is 0 Å². The topological polar surface area (TPSA) is 58.2 Å². The van der Waals surface area contributed by atoms with Crippen LogP contribution in [0, 0.1) is 0 Å². The molecule has 1 saturated heterocycles. The zero-order valence-corrected chi connectivity index (χ0v) is 9.57. The minimum absolute atomic E-state index is 0.104. The van der Waals surface area contributed by atoms with Crippen LogP contribution in [0.2, 0.25) is 0 Å². The van der Waals surface area contributed by atoms with Gasteiger partial charge in [0.05, 0.1) is 6.42 Å². The predicted octanol–water partition coefficient (Wildman–Crippen LogP) is 1.27. The number of carbonyl (C=O) groups excluding carboxylic acids is 2. The van der Waals surface area contributed by atoms with Crippen molar-refractivity contribution >= 4 is 11.8 Å². The van der Waals surface area contributed by atoms with E-state index in [-0.39, 0.29) is 24.3 Å². The highest BCUT2D eigenvalue weighted by atomic mass is 16.2. The van der Waals surface area contributed by atoms with Gasteiger partial charge in [-0.2, -0.15) is 0 Å². The Morgan fingerprint density at radius 2 is 2.00 bits per heavy atom. The van der Waals surface area contributed by atoms with E-state index in [1.165, 1.54) is 0 Å². The third kappa shape index (κ3) is 2.72. The molecule has 1 unspecified atom stereocenters. The van der Waals surface area contributed by atoms with Gasteiger partial charge in [-0.05, 0) is 12.5 Å². The Morgan fingerprint density at radius 3 is 2.59 bits per heavy atom. The summed E-state index contributed by atoms with van der Waals surface area (Å²) >= 11 is 0. The van der Waals surface area contributed by atoms with Crippen LogP contribution < -0.4 is 10.6 Å². The number of nitrogens with one attached hydrogen (secondary N) is 2.